The number of likely N-dealkylation sites (tertiary alicyclic amines) is 1. The summed E-state index contributed by atoms with van der Waals surface area (Å²) in [4.78, 5) is 50.4. The molecule has 1 aliphatic carbocycles. The van der Waals surface area contributed by atoms with Gasteiger partial charge in [-0.3, -0.25) is 19.2 Å². The number of β-amino-alcohol motifs (C(OH)–C–C–N with tert-alkyl or cyclic N) is 1. The Labute approximate surface area is 257 Å². The van der Waals surface area contributed by atoms with E-state index in [1.807, 2.05) is 26.0 Å². The van der Waals surface area contributed by atoms with Gasteiger partial charge in [0.2, 0.25) is 11.8 Å². The Morgan fingerprint density at radius 1 is 1.19 bits per heavy atom. The fourth-order valence-electron chi connectivity index (χ4n) is 5.58. The summed E-state index contributed by atoms with van der Waals surface area (Å²) in [7, 11) is 0. The quantitative estimate of drug-likeness (QED) is 0.399. The summed E-state index contributed by atoms with van der Waals surface area (Å²) < 4.78 is 15.5. The predicted octanol–water partition coefficient (Wildman–Crippen LogP) is 4.49. The number of aromatic nitrogens is 1. The van der Waals surface area contributed by atoms with Gasteiger partial charge in [-0.2, -0.15) is 0 Å². The summed E-state index contributed by atoms with van der Waals surface area (Å²) in [6.45, 7) is 22.2. The van der Waals surface area contributed by atoms with Crippen LogP contribution in [0.15, 0.2) is 23.7 Å². The van der Waals surface area contributed by atoms with Crippen LogP contribution in [0.5, 0.6) is 0 Å². The number of nitrogens with one attached hydrogen (secondary N) is 2. The van der Waals surface area contributed by atoms with E-state index in [2.05, 4.69) is 47.3 Å². The molecule has 2 aromatic rings. The van der Waals surface area contributed by atoms with E-state index in [9.17, 15) is 19.5 Å². The van der Waals surface area contributed by atoms with Gasteiger partial charge >= 0.3 is 11.4 Å². The third-order valence-corrected chi connectivity index (χ3v) is 9.36. The van der Waals surface area contributed by atoms with E-state index in [1.54, 1.807) is 37.6 Å². The maximum absolute atomic E-state index is 15.5. The molecule has 1 saturated heterocycles. The Balaban J connectivity index is 1.60. The van der Waals surface area contributed by atoms with Crippen molar-refractivity contribution in [3.8, 4) is 10.4 Å². The second-order valence-electron chi connectivity index (χ2n) is 13.9. The number of thiazole rings is 1. The number of alkyl halides is 1. The molecular formula is C32H42FN5O4S. The SMILES string of the molecule is [C-]#[N+]C1(C(=O)N[C@H](C(=O)N2C[C@H](O)[C@H](F)[C@H]2C(=O)N[C@@H](C)c2ccc(-c3scnc3C)cc2C(C)(C)C)C(C)(C)C)CC1. The summed E-state index contributed by atoms with van der Waals surface area (Å²) >= 11 is 1.56. The molecule has 0 radical (unpaired) electrons. The molecule has 9 nitrogen and oxygen atoms in total. The van der Waals surface area contributed by atoms with E-state index in [0.717, 1.165) is 32.2 Å². The first-order chi connectivity index (χ1) is 19.9. The summed E-state index contributed by atoms with van der Waals surface area (Å²) in [5.74, 6) is -1.95. The van der Waals surface area contributed by atoms with Crippen molar-refractivity contribution >= 4 is 29.1 Å². The highest BCUT2D eigenvalue weighted by molar-refractivity contribution is 7.13. The average molecular weight is 612 g/mol. The maximum Gasteiger partial charge on any atom is 0.309 e. The summed E-state index contributed by atoms with van der Waals surface area (Å²) in [6.07, 6.45) is -2.75. The van der Waals surface area contributed by atoms with Gasteiger partial charge in [0, 0.05) is 12.8 Å². The summed E-state index contributed by atoms with van der Waals surface area (Å²) in [6, 6.07) is 2.78. The van der Waals surface area contributed by atoms with Crippen molar-refractivity contribution in [1.29, 1.82) is 0 Å². The maximum atomic E-state index is 15.5. The Hall–Kier alpha value is -3.36. The number of hydrogen-bond donors (Lipinski definition) is 3. The fourth-order valence-corrected chi connectivity index (χ4v) is 6.38. The molecule has 4 rings (SSSR count). The number of amides is 3. The van der Waals surface area contributed by atoms with Crippen molar-refractivity contribution < 1.29 is 23.9 Å². The van der Waals surface area contributed by atoms with Gasteiger partial charge in [0.1, 0.15) is 18.2 Å². The van der Waals surface area contributed by atoms with Crippen molar-refractivity contribution in [2.45, 2.75) is 110 Å². The molecule has 2 fully saturated rings. The van der Waals surface area contributed by atoms with E-state index < -0.39 is 59.1 Å². The van der Waals surface area contributed by atoms with Crippen LogP contribution >= 0.6 is 11.3 Å². The predicted molar refractivity (Wildman–Crippen MR) is 164 cm³/mol. The van der Waals surface area contributed by atoms with Crippen molar-refractivity contribution in [3.63, 3.8) is 0 Å². The van der Waals surface area contributed by atoms with Crippen molar-refractivity contribution in [3.05, 3.63) is 51.9 Å². The molecule has 0 unspecified atom stereocenters. The lowest BCUT2D eigenvalue weighted by molar-refractivity contribution is -0.145. The first kappa shape index (κ1) is 32.6. The van der Waals surface area contributed by atoms with Gasteiger partial charge in [-0.15, -0.1) is 11.3 Å². The number of aliphatic hydroxyl groups excluding tert-OH is 1. The number of halogens is 1. The van der Waals surface area contributed by atoms with Crippen LogP contribution < -0.4 is 10.6 Å². The highest BCUT2D eigenvalue weighted by Crippen LogP contribution is 2.41. The number of nitrogens with zero attached hydrogens (tertiary/aromatic N) is 3. The van der Waals surface area contributed by atoms with Crippen LogP contribution in [0.4, 0.5) is 4.39 Å². The van der Waals surface area contributed by atoms with E-state index in [-0.39, 0.29) is 12.0 Å². The van der Waals surface area contributed by atoms with E-state index in [0.29, 0.717) is 12.8 Å². The van der Waals surface area contributed by atoms with Crippen molar-refractivity contribution in [1.82, 2.24) is 20.5 Å². The van der Waals surface area contributed by atoms with E-state index >= 15 is 4.39 Å². The number of rotatable bonds is 7. The largest absolute Gasteiger partial charge is 0.388 e. The summed E-state index contributed by atoms with van der Waals surface area (Å²) in [5.41, 5.74) is 3.36. The standard InChI is InChI=1S/C32H42FN5O4S/c1-17(20-11-10-19(14-21(20)30(3,4)5)25-18(2)35-16-43-25)36-27(40)24-23(33)22(39)15-38(24)28(41)26(31(6,7)8)37-29(42)32(34-9)12-13-32/h10-11,14,16-17,22-24,26,39H,12-13,15H2,1-8H3,(H,36,40)(H,37,42)/t17-,22-,23-,24-,26+/m0/s1. The van der Waals surface area contributed by atoms with Crippen LogP contribution in [0, 0.1) is 18.9 Å². The molecule has 43 heavy (non-hydrogen) atoms. The Morgan fingerprint density at radius 3 is 2.35 bits per heavy atom. The third-order valence-electron chi connectivity index (χ3n) is 8.38. The van der Waals surface area contributed by atoms with Crippen LogP contribution in [0.25, 0.3) is 15.3 Å². The van der Waals surface area contributed by atoms with Crippen LogP contribution in [-0.4, -0.2) is 69.2 Å². The van der Waals surface area contributed by atoms with Gasteiger partial charge in [0.25, 0.3) is 0 Å². The molecule has 2 heterocycles. The Bertz CT molecular complexity index is 1450. The van der Waals surface area contributed by atoms with Crippen molar-refractivity contribution in [2.75, 3.05) is 6.54 Å². The van der Waals surface area contributed by atoms with Gasteiger partial charge < -0.3 is 20.6 Å². The highest BCUT2D eigenvalue weighted by Gasteiger charge is 2.60. The lowest BCUT2D eigenvalue weighted by Crippen LogP contribution is -2.60. The van der Waals surface area contributed by atoms with E-state index in [4.69, 9.17) is 6.57 Å². The Kier molecular flexibility index (Phi) is 8.80. The Morgan fingerprint density at radius 2 is 1.84 bits per heavy atom. The van der Waals surface area contributed by atoms with Crippen LogP contribution in [0.3, 0.4) is 0 Å². The fraction of sp³-hybridized carbons (Fsp3) is 0.594. The monoisotopic (exact) mass is 611 g/mol. The number of aryl methyl sites for hydroxylation is 1. The number of aliphatic hydroxyl groups is 1. The number of carbonyl (C=O) groups excluding carboxylic acids is 3. The van der Waals surface area contributed by atoms with Crippen LogP contribution in [0.2, 0.25) is 0 Å². The highest BCUT2D eigenvalue weighted by atomic mass is 32.1. The zero-order chi connectivity index (χ0) is 32.1. The number of hydrogen-bond acceptors (Lipinski definition) is 6. The molecule has 11 heteroatoms. The molecule has 1 saturated carbocycles. The minimum absolute atomic E-state index is 0.278. The first-order valence-electron chi connectivity index (χ1n) is 14.6. The molecule has 1 aromatic carbocycles. The molecule has 3 amide bonds. The first-order valence-corrected chi connectivity index (χ1v) is 15.5. The summed E-state index contributed by atoms with van der Waals surface area (Å²) in [5, 5.41) is 16.0. The molecular weight excluding hydrogens is 569 g/mol. The van der Waals surface area contributed by atoms with Gasteiger partial charge in [-0.25, -0.2) is 15.9 Å². The number of benzene rings is 1. The molecule has 232 valence electrons. The number of carbonyl (C=O) groups is 3. The van der Waals surface area contributed by atoms with Gasteiger partial charge in [0.05, 0.1) is 28.7 Å². The van der Waals surface area contributed by atoms with Crippen LogP contribution in [0.1, 0.15) is 84.2 Å². The molecule has 1 aliphatic heterocycles. The average Bonchev–Trinajstić information content (AvgIpc) is 3.52. The normalized spacial score (nSPS) is 22.8. The lowest BCUT2D eigenvalue weighted by atomic mass is 9.81. The van der Waals surface area contributed by atoms with Gasteiger partial charge in [0.15, 0.2) is 6.17 Å². The van der Waals surface area contributed by atoms with Gasteiger partial charge in [-0.05, 0) is 47.4 Å². The zero-order valence-corrected chi connectivity index (χ0v) is 26.9. The molecule has 0 bridgehead atoms. The molecule has 2 aliphatic rings. The molecule has 3 N–H and O–H groups in total. The second kappa shape index (κ2) is 11.6. The third kappa shape index (κ3) is 6.46. The minimum atomic E-state index is -2.01. The topological polar surface area (TPSA) is 116 Å². The molecule has 1 aromatic heterocycles. The lowest BCUT2D eigenvalue weighted by Gasteiger charge is -2.35. The molecule has 5 atom stereocenters. The minimum Gasteiger partial charge on any atom is -0.388 e. The van der Waals surface area contributed by atoms with Crippen molar-refractivity contribution in [2.24, 2.45) is 5.41 Å². The molecule has 0 spiro atoms. The zero-order valence-electron chi connectivity index (χ0n) is 26.1. The van der Waals surface area contributed by atoms with Gasteiger partial charge in [-0.1, -0.05) is 53.7 Å². The van der Waals surface area contributed by atoms with E-state index in [1.165, 1.54) is 0 Å². The second-order valence-corrected chi connectivity index (χ2v) is 14.8. The van der Waals surface area contributed by atoms with Crippen LogP contribution in [-0.2, 0) is 19.8 Å². The smallest absolute Gasteiger partial charge is 0.309 e.